The second kappa shape index (κ2) is 6.99. The summed E-state index contributed by atoms with van der Waals surface area (Å²) in [6.07, 6.45) is 0. The van der Waals surface area contributed by atoms with Crippen LogP contribution in [0.25, 0.3) is 0 Å². The lowest BCUT2D eigenvalue weighted by Crippen LogP contribution is -2.33. The molecular weight excluding hydrogens is 332 g/mol. The minimum absolute atomic E-state index is 0.0211. The predicted octanol–water partition coefficient (Wildman–Crippen LogP) is 1.57. The number of nitro groups is 1. The monoisotopic (exact) mass is 344 g/mol. The lowest BCUT2D eigenvalue weighted by atomic mass is 10.1. The molecule has 1 unspecified atom stereocenters. The third kappa shape index (κ3) is 4.30. The SMILES string of the molecule is COC(=O)C(Br)CNC(=O)c1cc(C)cc([N+](=O)[O-])c1. The highest BCUT2D eigenvalue weighted by molar-refractivity contribution is 9.10. The van der Waals surface area contributed by atoms with Crippen molar-refractivity contribution in [2.24, 2.45) is 0 Å². The highest BCUT2D eigenvalue weighted by Crippen LogP contribution is 2.16. The number of alkyl halides is 1. The summed E-state index contributed by atoms with van der Waals surface area (Å²) < 4.78 is 4.49. The molecule has 0 bridgehead atoms. The maximum Gasteiger partial charge on any atom is 0.321 e. The first-order chi connectivity index (χ1) is 9.35. The predicted molar refractivity (Wildman–Crippen MR) is 74.9 cm³/mol. The van der Waals surface area contributed by atoms with Gasteiger partial charge in [-0.1, -0.05) is 15.9 Å². The summed E-state index contributed by atoms with van der Waals surface area (Å²) >= 11 is 3.06. The van der Waals surface area contributed by atoms with Gasteiger partial charge in [0, 0.05) is 24.2 Å². The van der Waals surface area contributed by atoms with Crippen molar-refractivity contribution in [2.75, 3.05) is 13.7 Å². The number of halogens is 1. The molecular formula is C12H13BrN2O5. The fraction of sp³-hybridized carbons (Fsp3) is 0.333. The summed E-state index contributed by atoms with van der Waals surface area (Å²) in [5.74, 6) is -1.01. The molecule has 8 heteroatoms. The van der Waals surface area contributed by atoms with Crippen molar-refractivity contribution in [1.82, 2.24) is 5.32 Å². The summed E-state index contributed by atoms with van der Waals surface area (Å²) in [4.78, 5) is 32.5. The first-order valence-electron chi connectivity index (χ1n) is 5.61. The normalized spacial score (nSPS) is 11.6. The molecule has 0 fully saturated rings. The Bertz CT molecular complexity index is 547. The number of nitrogens with zero attached hydrogens (tertiary/aromatic N) is 1. The number of hydrogen-bond acceptors (Lipinski definition) is 5. The molecule has 0 saturated carbocycles. The van der Waals surface area contributed by atoms with Crippen LogP contribution >= 0.6 is 15.9 Å². The van der Waals surface area contributed by atoms with E-state index < -0.39 is 21.6 Å². The molecule has 0 radical (unpaired) electrons. The van der Waals surface area contributed by atoms with E-state index in [1.54, 1.807) is 6.92 Å². The molecule has 20 heavy (non-hydrogen) atoms. The number of carbonyl (C=O) groups is 2. The van der Waals surface area contributed by atoms with E-state index in [0.717, 1.165) is 0 Å². The second-order valence-corrected chi connectivity index (χ2v) is 5.12. The first kappa shape index (κ1) is 16.1. The van der Waals surface area contributed by atoms with Gasteiger partial charge in [-0.15, -0.1) is 0 Å². The van der Waals surface area contributed by atoms with Gasteiger partial charge in [0.25, 0.3) is 11.6 Å². The van der Waals surface area contributed by atoms with E-state index in [1.165, 1.54) is 25.3 Å². The van der Waals surface area contributed by atoms with Gasteiger partial charge in [-0.25, -0.2) is 0 Å². The zero-order valence-corrected chi connectivity index (χ0v) is 12.5. The maximum absolute atomic E-state index is 11.9. The summed E-state index contributed by atoms with van der Waals surface area (Å²) in [5, 5.41) is 13.2. The fourth-order valence-corrected chi connectivity index (χ4v) is 1.84. The molecule has 0 aliphatic carbocycles. The van der Waals surface area contributed by atoms with Crippen LogP contribution in [0.4, 0.5) is 5.69 Å². The van der Waals surface area contributed by atoms with Crippen LogP contribution in [0.5, 0.6) is 0 Å². The van der Waals surface area contributed by atoms with Crippen molar-refractivity contribution < 1.29 is 19.2 Å². The van der Waals surface area contributed by atoms with Gasteiger partial charge < -0.3 is 10.1 Å². The number of hydrogen-bond donors (Lipinski definition) is 1. The zero-order chi connectivity index (χ0) is 15.3. The molecule has 0 aliphatic rings. The molecule has 0 spiro atoms. The number of nitrogens with one attached hydrogen (secondary N) is 1. The van der Waals surface area contributed by atoms with Crippen LogP contribution in [0.3, 0.4) is 0 Å². The van der Waals surface area contributed by atoms with Gasteiger partial charge in [-0.05, 0) is 18.6 Å². The lowest BCUT2D eigenvalue weighted by Gasteiger charge is -2.09. The zero-order valence-electron chi connectivity index (χ0n) is 10.9. The Morgan fingerprint density at radius 3 is 2.65 bits per heavy atom. The molecule has 0 heterocycles. The van der Waals surface area contributed by atoms with Gasteiger partial charge in [0.15, 0.2) is 0 Å². The number of nitro benzene ring substituents is 1. The Morgan fingerprint density at radius 2 is 2.10 bits per heavy atom. The highest BCUT2D eigenvalue weighted by atomic mass is 79.9. The average molecular weight is 345 g/mol. The van der Waals surface area contributed by atoms with E-state index in [2.05, 4.69) is 26.0 Å². The Morgan fingerprint density at radius 1 is 1.45 bits per heavy atom. The van der Waals surface area contributed by atoms with E-state index in [1.807, 2.05) is 0 Å². The van der Waals surface area contributed by atoms with Crippen LogP contribution < -0.4 is 5.32 Å². The quantitative estimate of drug-likeness (QED) is 0.378. The number of methoxy groups -OCH3 is 1. The summed E-state index contributed by atoms with van der Waals surface area (Å²) in [5.41, 5.74) is 0.618. The van der Waals surface area contributed by atoms with E-state index in [9.17, 15) is 19.7 Å². The Balaban J connectivity index is 2.78. The Kier molecular flexibility index (Phi) is 5.63. The van der Waals surface area contributed by atoms with Gasteiger partial charge >= 0.3 is 5.97 Å². The molecule has 0 saturated heterocycles. The molecule has 1 aromatic rings. The van der Waals surface area contributed by atoms with Crippen molar-refractivity contribution in [1.29, 1.82) is 0 Å². The molecule has 1 amide bonds. The Labute approximate surface area is 123 Å². The van der Waals surface area contributed by atoms with Crippen molar-refractivity contribution in [3.8, 4) is 0 Å². The van der Waals surface area contributed by atoms with Crippen molar-refractivity contribution in [3.05, 3.63) is 39.4 Å². The van der Waals surface area contributed by atoms with Crippen molar-refractivity contribution in [3.63, 3.8) is 0 Å². The number of non-ortho nitro benzene ring substituents is 1. The van der Waals surface area contributed by atoms with Crippen molar-refractivity contribution in [2.45, 2.75) is 11.8 Å². The minimum Gasteiger partial charge on any atom is -0.468 e. The van der Waals surface area contributed by atoms with Gasteiger partial charge in [0.05, 0.1) is 12.0 Å². The number of carbonyl (C=O) groups excluding carboxylic acids is 2. The molecule has 1 atom stereocenters. The number of ether oxygens (including phenoxy) is 1. The van der Waals surface area contributed by atoms with Crippen LogP contribution in [0.1, 0.15) is 15.9 Å². The van der Waals surface area contributed by atoms with Crippen LogP contribution in [0, 0.1) is 17.0 Å². The minimum atomic E-state index is -0.670. The molecule has 1 aromatic carbocycles. The smallest absolute Gasteiger partial charge is 0.321 e. The molecule has 0 aliphatic heterocycles. The number of aryl methyl sites for hydroxylation is 1. The highest BCUT2D eigenvalue weighted by Gasteiger charge is 2.18. The van der Waals surface area contributed by atoms with Gasteiger partial charge in [-0.2, -0.15) is 0 Å². The largest absolute Gasteiger partial charge is 0.468 e. The van der Waals surface area contributed by atoms with Gasteiger partial charge in [-0.3, -0.25) is 19.7 Å². The van der Waals surface area contributed by atoms with Crippen molar-refractivity contribution >= 4 is 33.5 Å². The summed E-state index contributed by atoms with van der Waals surface area (Å²) in [7, 11) is 1.24. The number of benzene rings is 1. The van der Waals surface area contributed by atoms with E-state index in [-0.39, 0.29) is 17.8 Å². The average Bonchev–Trinajstić information content (AvgIpc) is 2.42. The Hall–Kier alpha value is -1.96. The van der Waals surface area contributed by atoms with E-state index in [0.29, 0.717) is 5.56 Å². The first-order valence-corrected chi connectivity index (χ1v) is 6.53. The lowest BCUT2D eigenvalue weighted by molar-refractivity contribution is -0.384. The third-order valence-corrected chi connectivity index (χ3v) is 3.13. The number of rotatable bonds is 5. The van der Waals surface area contributed by atoms with Gasteiger partial charge in [0.1, 0.15) is 4.83 Å². The van der Waals surface area contributed by atoms with Crippen LogP contribution in [-0.2, 0) is 9.53 Å². The number of esters is 1. The standard InChI is InChI=1S/C12H13BrN2O5/c1-7-3-8(5-9(4-7)15(18)19)11(16)14-6-10(13)12(17)20-2/h3-5,10H,6H2,1-2H3,(H,14,16). The third-order valence-electron chi connectivity index (χ3n) is 2.43. The van der Waals surface area contributed by atoms with Gasteiger partial charge in [0.2, 0.25) is 0 Å². The summed E-state index contributed by atoms with van der Waals surface area (Å²) in [6, 6.07) is 4.09. The van der Waals surface area contributed by atoms with E-state index in [4.69, 9.17) is 0 Å². The summed E-state index contributed by atoms with van der Waals surface area (Å²) in [6.45, 7) is 1.68. The van der Waals surface area contributed by atoms with Crippen LogP contribution in [-0.4, -0.2) is 35.3 Å². The molecule has 0 aromatic heterocycles. The van der Waals surface area contributed by atoms with E-state index >= 15 is 0 Å². The maximum atomic E-state index is 11.9. The number of amides is 1. The molecule has 1 rings (SSSR count). The molecule has 108 valence electrons. The molecule has 7 nitrogen and oxygen atoms in total. The van der Waals surface area contributed by atoms with Crippen LogP contribution in [0.15, 0.2) is 18.2 Å². The second-order valence-electron chi connectivity index (χ2n) is 4.02. The topological polar surface area (TPSA) is 98.5 Å². The fourth-order valence-electron chi connectivity index (χ4n) is 1.49. The molecule has 1 N–H and O–H groups in total. The van der Waals surface area contributed by atoms with Crippen LogP contribution in [0.2, 0.25) is 0 Å².